The van der Waals surface area contributed by atoms with Crippen LogP contribution >= 0.6 is 0 Å². The Morgan fingerprint density at radius 1 is 1.35 bits per heavy atom. The number of rotatable bonds is 5. The van der Waals surface area contributed by atoms with Crippen LogP contribution in [0.3, 0.4) is 0 Å². The van der Waals surface area contributed by atoms with Crippen molar-refractivity contribution in [1.29, 1.82) is 0 Å². The van der Waals surface area contributed by atoms with Gasteiger partial charge in [0.15, 0.2) is 9.84 Å². The van der Waals surface area contributed by atoms with E-state index in [1.54, 1.807) is 12.1 Å². The van der Waals surface area contributed by atoms with Gasteiger partial charge in [0.1, 0.15) is 0 Å². The van der Waals surface area contributed by atoms with Crippen LogP contribution in [0.1, 0.15) is 19.8 Å². The molecule has 0 radical (unpaired) electrons. The number of nitrogens with one attached hydrogen (secondary N) is 1. The van der Waals surface area contributed by atoms with Gasteiger partial charge in [0.2, 0.25) is 0 Å². The van der Waals surface area contributed by atoms with Gasteiger partial charge in [-0.2, -0.15) is 0 Å². The summed E-state index contributed by atoms with van der Waals surface area (Å²) in [5.74, 6) is 0.594. The molecule has 1 aromatic rings. The smallest absolute Gasteiger partial charge is 0.177 e. The fourth-order valence-corrected chi connectivity index (χ4v) is 3.72. The van der Waals surface area contributed by atoms with E-state index in [9.17, 15) is 8.42 Å². The van der Waals surface area contributed by atoms with Gasteiger partial charge in [-0.25, -0.2) is 8.42 Å². The summed E-state index contributed by atoms with van der Waals surface area (Å²) in [5, 5.41) is 3.42. The standard InChI is InChI=1S/C15H24N2O2S/c1-3-17(12-13-7-6-10-16-11-13)14-8-4-5-9-15(14)20(2,18)19/h4-5,8-9,13,16H,3,6-7,10-12H2,1-2H3. The molecule has 0 amide bonds. The predicted molar refractivity (Wildman–Crippen MR) is 83.0 cm³/mol. The molecule has 0 bridgehead atoms. The summed E-state index contributed by atoms with van der Waals surface area (Å²) in [7, 11) is -3.19. The van der Waals surface area contributed by atoms with E-state index in [-0.39, 0.29) is 0 Å². The third-order valence-corrected chi connectivity index (χ3v) is 5.01. The summed E-state index contributed by atoms with van der Waals surface area (Å²) >= 11 is 0. The first-order chi connectivity index (χ1) is 9.52. The van der Waals surface area contributed by atoms with Crippen LogP contribution in [0.15, 0.2) is 29.2 Å². The van der Waals surface area contributed by atoms with Crippen molar-refractivity contribution in [3.63, 3.8) is 0 Å². The first-order valence-electron chi connectivity index (χ1n) is 7.27. The van der Waals surface area contributed by atoms with Crippen molar-refractivity contribution in [2.75, 3.05) is 37.3 Å². The summed E-state index contributed by atoms with van der Waals surface area (Å²) in [6, 6.07) is 7.31. The molecule has 1 aliphatic rings. The SMILES string of the molecule is CCN(CC1CCCNC1)c1ccccc1S(C)(=O)=O. The van der Waals surface area contributed by atoms with E-state index in [2.05, 4.69) is 17.1 Å². The van der Waals surface area contributed by atoms with Crippen molar-refractivity contribution >= 4 is 15.5 Å². The van der Waals surface area contributed by atoms with E-state index in [4.69, 9.17) is 0 Å². The van der Waals surface area contributed by atoms with E-state index < -0.39 is 9.84 Å². The molecule has 1 heterocycles. The van der Waals surface area contributed by atoms with Crippen LogP contribution in [0.2, 0.25) is 0 Å². The Morgan fingerprint density at radius 2 is 2.10 bits per heavy atom. The maximum Gasteiger partial charge on any atom is 0.177 e. The molecule has 2 rings (SSSR count). The Kier molecular flexibility index (Phi) is 5.05. The zero-order valence-electron chi connectivity index (χ0n) is 12.3. The minimum Gasteiger partial charge on any atom is -0.370 e. The molecule has 0 aromatic heterocycles. The summed E-state index contributed by atoms with van der Waals surface area (Å²) in [4.78, 5) is 2.62. The van der Waals surface area contributed by atoms with Crippen molar-refractivity contribution < 1.29 is 8.42 Å². The molecule has 1 aliphatic heterocycles. The molecular weight excluding hydrogens is 272 g/mol. The summed E-state index contributed by atoms with van der Waals surface area (Å²) in [6.07, 6.45) is 3.70. The van der Waals surface area contributed by atoms with Crippen molar-refractivity contribution in [2.45, 2.75) is 24.7 Å². The molecule has 1 atom stereocenters. The van der Waals surface area contributed by atoms with Gasteiger partial charge in [-0.1, -0.05) is 12.1 Å². The minimum atomic E-state index is -3.19. The Labute approximate surface area is 122 Å². The molecule has 1 fully saturated rings. The van der Waals surface area contributed by atoms with Gasteiger partial charge in [0, 0.05) is 19.3 Å². The molecule has 0 aliphatic carbocycles. The maximum absolute atomic E-state index is 11.9. The highest BCUT2D eigenvalue weighted by atomic mass is 32.2. The lowest BCUT2D eigenvalue weighted by Gasteiger charge is -2.31. The quantitative estimate of drug-likeness (QED) is 0.902. The number of nitrogens with zero attached hydrogens (tertiary/aromatic N) is 1. The zero-order chi connectivity index (χ0) is 14.6. The molecule has 5 heteroatoms. The molecule has 0 saturated carbocycles. The predicted octanol–water partition coefficient (Wildman–Crippen LogP) is 1.92. The molecule has 1 N–H and O–H groups in total. The molecule has 1 saturated heterocycles. The second-order valence-corrected chi connectivity index (χ2v) is 7.48. The topological polar surface area (TPSA) is 49.4 Å². The van der Waals surface area contributed by atoms with Crippen molar-refractivity contribution in [1.82, 2.24) is 5.32 Å². The van der Waals surface area contributed by atoms with Crippen LogP contribution in [-0.4, -0.2) is 40.9 Å². The normalized spacial score (nSPS) is 19.8. The second-order valence-electron chi connectivity index (χ2n) is 5.49. The maximum atomic E-state index is 11.9. The van der Waals surface area contributed by atoms with Crippen molar-refractivity contribution in [3.8, 4) is 0 Å². The third-order valence-electron chi connectivity index (χ3n) is 3.86. The number of sulfone groups is 1. The molecular formula is C15H24N2O2S. The van der Waals surface area contributed by atoms with E-state index in [0.29, 0.717) is 10.8 Å². The van der Waals surface area contributed by atoms with Crippen LogP contribution in [0.25, 0.3) is 0 Å². The number of para-hydroxylation sites is 1. The van der Waals surface area contributed by atoms with Crippen LogP contribution < -0.4 is 10.2 Å². The fraction of sp³-hybridized carbons (Fsp3) is 0.600. The van der Waals surface area contributed by atoms with Gasteiger partial charge in [-0.05, 0) is 50.9 Å². The number of hydrogen-bond acceptors (Lipinski definition) is 4. The monoisotopic (exact) mass is 296 g/mol. The molecule has 1 unspecified atom stereocenters. The largest absolute Gasteiger partial charge is 0.370 e. The van der Waals surface area contributed by atoms with Gasteiger partial charge in [-0.3, -0.25) is 0 Å². The van der Waals surface area contributed by atoms with E-state index in [1.165, 1.54) is 19.1 Å². The van der Waals surface area contributed by atoms with Crippen LogP contribution in [-0.2, 0) is 9.84 Å². The van der Waals surface area contributed by atoms with Gasteiger partial charge < -0.3 is 10.2 Å². The first-order valence-corrected chi connectivity index (χ1v) is 9.16. The van der Waals surface area contributed by atoms with E-state index >= 15 is 0 Å². The molecule has 112 valence electrons. The number of hydrogen-bond donors (Lipinski definition) is 1. The molecule has 1 aromatic carbocycles. The minimum absolute atomic E-state index is 0.436. The average molecular weight is 296 g/mol. The highest BCUT2D eigenvalue weighted by Crippen LogP contribution is 2.26. The van der Waals surface area contributed by atoms with Gasteiger partial charge in [-0.15, -0.1) is 0 Å². The fourth-order valence-electron chi connectivity index (χ4n) is 2.82. The molecule has 20 heavy (non-hydrogen) atoms. The lowest BCUT2D eigenvalue weighted by atomic mass is 9.99. The van der Waals surface area contributed by atoms with Crippen LogP contribution in [0, 0.1) is 5.92 Å². The summed E-state index contributed by atoms with van der Waals surface area (Å²) in [6.45, 7) is 5.94. The Morgan fingerprint density at radius 3 is 2.70 bits per heavy atom. The first kappa shape index (κ1) is 15.3. The summed E-state index contributed by atoms with van der Waals surface area (Å²) in [5.41, 5.74) is 0.836. The Hall–Kier alpha value is -1.07. The highest BCUT2D eigenvalue weighted by molar-refractivity contribution is 7.90. The third kappa shape index (κ3) is 3.73. The summed E-state index contributed by atoms with van der Waals surface area (Å²) < 4.78 is 23.9. The lowest BCUT2D eigenvalue weighted by molar-refractivity contribution is 0.377. The number of anilines is 1. The molecule has 0 spiro atoms. The number of piperidine rings is 1. The van der Waals surface area contributed by atoms with Gasteiger partial charge in [0.25, 0.3) is 0 Å². The average Bonchev–Trinajstić information content (AvgIpc) is 2.45. The Balaban J connectivity index is 2.23. The van der Waals surface area contributed by atoms with Crippen LogP contribution in [0.4, 0.5) is 5.69 Å². The Bertz CT molecular complexity index is 537. The number of benzene rings is 1. The van der Waals surface area contributed by atoms with Crippen molar-refractivity contribution in [3.05, 3.63) is 24.3 Å². The second kappa shape index (κ2) is 6.59. The van der Waals surface area contributed by atoms with Gasteiger partial charge >= 0.3 is 0 Å². The van der Waals surface area contributed by atoms with Crippen LogP contribution in [0.5, 0.6) is 0 Å². The van der Waals surface area contributed by atoms with E-state index in [1.807, 2.05) is 12.1 Å². The highest BCUT2D eigenvalue weighted by Gasteiger charge is 2.20. The van der Waals surface area contributed by atoms with Crippen molar-refractivity contribution in [2.24, 2.45) is 5.92 Å². The zero-order valence-corrected chi connectivity index (χ0v) is 13.1. The lowest BCUT2D eigenvalue weighted by Crippen LogP contribution is -2.38. The van der Waals surface area contributed by atoms with E-state index in [0.717, 1.165) is 31.9 Å². The molecule has 4 nitrogen and oxygen atoms in total. The van der Waals surface area contributed by atoms with Gasteiger partial charge in [0.05, 0.1) is 10.6 Å².